The van der Waals surface area contributed by atoms with Crippen molar-refractivity contribution >= 4 is 0 Å². The Kier molecular flexibility index (Phi) is 0.234. The number of nitrogens with one attached hydrogen (secondary N) is 2. The van der Waals surface area contributed by atoms with E-state index in [-0.39, 0.29) is 0 Å². The molecule has 11 fully saturated rings. The first-order valence-electron chi connectivity index (χ1n) is 7.79. The van der Waals surface area contributed by atoms with E-state index in [0.29, 0.717) is 0 Å². The summed E-state index contributed by atoms with van der Waals surface area (Å²) in [5.74, 6) is 0. The minimum atomic E-state index is -2.28. The van der Waals surface area contributed by atoms with Crippen LogP contribution in [0.5, 0.6) is 0 Å². The van der Waals surface area contributed by atoms with E-state index in [1.165, 1.54) is 0 Å². The van der Waals surface area contributed by atoms with Gasteiger partial charge in [0.25, 0.3) is 0 Å². The van der Waals surface area contributed by atoms with Gasteiger partial charge in [0.15, 0.2) is 0 Å². The average Bonchev–Trinajstić information content (AvgIpc) is 3.33. The molecule has 3 heteroatoms. The van der Waals surface area contributed by atoms with E-state index in [1.807, 2.05) is 0 Å². The van der Waals surface area contributed by atoms with Crippen LogP contribution in [0.25, 0.3) is 0 Å². The Labute approximate surface area is 91.6 Å². The van der Waals surface area contributed by atoms with Crippen molar-refractivity contribution in [2.24, 2.45) is 0 Å². The molecule has 11 aliphatic rings. The van der Waals surface area contributed by atoms with Crippen LogP contribution in [0.4, 0.5) is 0 Å². The van der Waals surface area contributed by atoms with E-state index in [4.69, 9.17) is 0 Å². The fourth-order valence-corrected chi connectivity index (χ4v) is 88.6. The molecule has 0 aromatic carbocycles. The van der Waals surface area contributed by atoms with Gasteiger partial charge >= 0.3 is 54.7 Å². The van der Waals surface area contributed by atoms with E-state index < -0.39 is 6.51 Å². The maximum absolute atomic E-state index is 3.22. The summed E-state index contributed by atoms with van der Waals surface area (Å²) in [6.07, 6.45) is 0. The van der Waals surface area contributed by atoms with Gasteiger partial charge in [-0.1, -0.05) is 0 Å². The first kappa shape index (κ1) is 6.74. The molecule has 0 bridgehead atoms. The molecule has 0 atom stereocenters. The Morgan fingerprint density at radius 1 is 0.471 bits per heavy atom. The summed E-state index contributed by atoms with van der Waals surface area (Å²) in [6, 6.07) is 0. The molecule has 0 saturated carbocycles. The molecular formula is C14H20FeN2. The Bertz CT molecular complexity index is 659. The number of rotatable bonds is 0. The van der Waals surface area contributed by atoms with Gasteiger partial charge in [0.1, 0.15) is 0 Å². The molecule has 11 aliphatic heterocycles. The van der Waals surface area contributed by atoms with Crippen LogP contribution in [-0.2, 0) is 6.51 Å². The first-order valence-corrected chi connectivity index (χ1v) is 14.2. The van der Waals surface area contributed by atoms with Gasteiger partial charge in [-0.3, -0.25) is 0 Å². The van der Waals surface area contributed by atoms with Crippen molar-refractivity contribution in [1.82, 2.24) is 10.6 Å². The predicted octanol–water partition coefficient (Wildman–Crippen LogP) is 2.55. The second kappa shape index (κ2) is 0.591. The average molecular weight is 272 g/mol. The van der Waals surface area contributed by atoms with Crippen LogP contribution < -0.4 is 10.6 Å². The SMILES string of the molecule is C1CNCCN1.[CH]12[CH]3[CH]4[CH]5[CH]1[Fe]23451678[CH]2[CH]1[CH]6[CH]7[CH]28. The zero-order valence-corrected chi connectivity index (χ0v) is 11.1. The molecule has 2 nitrogen and oxygen atoms in total. The Balaban J connectivity index is 0.0000000917. The molecule has 2 N–H and O–H groups in total. The topological polar surface area (TPSA) is 24.1 Å². The Hall–Kier alpha value is 0.439. The van der Waals surface area contributed by atoms with Gasteiger partial charge in [-0.2, -0.15) is 0 Å². The molecule has 1 spiro atoms. The predicted molar refractivity (Wildman–Crippen MR) is 63.2 cm³/mol. The van der Waals surface area contributed by atoms with Gasteiger partial charge in [-0.05, 0) is 0 Å². The van der Waals surface area contributed by atoms with Crippen LogP contribution in [0.2, 0.25) is 48.2 Å². The van der Waals surface area contributed by atoms with E-state index in [1.54, 1.807) is 48.2 Å². The molecule has 94 valence electrons. The third-order valence-electron chi connectivity index (χ3n) is 15.5. The summed E-state index contributed by atoms with van der Waals surface area (Å²) >= 11 is 0. The van der Waals surface area contributed by atoms with Crippen LogP contribution in [0.3, 0.4) is 0 Å². The fraction of sp³-hybridized carbons (Fsp3) is 1.00. The third-order valence-corrected chi connectivity index (χ3v) is 57.4. The van der Waals surface area contributed by atoms with Gasteiger partial charge in [-0.25, -0.2) is 0 Å². The molecule has 11 rings (SSSR count). The first-order chi connectivity index (χ1) is 8.16. The van der Waals surface area contributed by atoms with E-state index >= 15 is 0 Å². The zero-order chi connectivity index (χ0) is 10.3. The van der Waals surface area contributed by atoms with Crippen molar-refractivity contribution in [3.05, 3.63) is 0 Å². The number of fused-ring (bicyclic) bond motifs is 10. The summed E-state index contributed by atoms with van der Waals surface area (Å²) in [4.78, 5) is 15.9. The summed E-state index contributed by atoms with van der Waals surface area (Å²) in [7, 11) is 0. The van der Waals surface area contributed by atoms with Crippen LogP contribution in [0.15, 0.2) is 0 Å². The van der Waals surface area contributed by atoms with E-state index in [0.717, 1.165) is 26.2 Å². The van der Waals surface area contributed by atoms with E-state index in [2.05, 4.69) is 10.6 Å². The molecule has 0 aromatic rings. The fourth-order valence-electron chi connectivity index (χ4n) is 16.4. The summed E-state index contributed by atoms with van der Waals surface area (Å²) in [5.41, 5.74) is 0. The molecule has 0 aromatic heterocycles. The van der Waals surface area contributed by atoms with Crippen molar-refractivity contribution in [3.8, 4) is 0 Å². The summed E-state index contributed by atoms with van der Waals surface area (Å²) in [6.45, 7) is 2.27. The second-order valence-electron chi connectivity index (χ2n) is 11.1. The van der Waals surface area contributed by atoms with Crippen molar-refractivity contribution < 1.29 is 6.51 Å². The number of hydrogen-bond acceptors (Lipinski definition) is 2. The van der Waals surface area contributed by atoms with Gasteiger partial charge in [-0.15, -0.1) is 0 Å². The normalized spacial score (nSPS) is 119. The number of hydrogen-bond donors (Lipinski definition) is 2. The van der Waals surface area contributed by atoms with Crippen LogP contribution >= 0.6 is 0 Å². The number of piperazine rings is 1. The molecule has 0 radical (unpaired) electrons. The molecule has 17 heavy (non-hydrogen) atoms. The van der Waals surface area contributed by atoms with Gasteiger partial charge < -0.3 is 10.6 Å². The van der Waals surface area contributed by atoms with Gasteiger partial charge in [0, 0.05) is 26.2 Å². The van der Waals surface area contributed by atoms with Crippen molar-refractivity contribution in [2.45, 2.75) is 48.2 Å². The zero-order valence-electron chi connectivity index (χ0n) is 9.96. The maximum atomic E-state index is 3.22. The Morgan fingerprint density at radius 3 is 0.765 bits per heavy atom. The van der Waals surface area contributed by atoms with Crippen molar-refractivity contribution in [3.63, 3.8) is 0 Å². The van der Waals surface area contributed by atoms with Gasteiger partial charge in [0.05, 0.1) is 0 Å². The van der Waals surface area contributed by atoms with Crippen molar-refractivity contribution in [1.29, 1.82) is 0 Å². The van der Waals surface area contributed by atoms with Gasteiger partial charge in [0.2, 0.25) is 0 Å². The molecule has 11 saturated heterocycles. The molecule has 11 heterocycles. The summed E-state index contributed by atoms with van der Waals surface area (Å²) in [5, 5.41) is 6.44. The van der Waals surface area contributed by atoms with Crippen LogP contribution in [0.1, 0.15) is 0 Å². The molecular weight excluding hydrogens is 252 g/mol. The standard InChI is InChI=1S/2C5H5.C4H10N2.Fe/c2*1-2-4-5-3-1;1-2-6-4-3-5-1;/h2*1-5H;5-6H,1-4H2;. The third kappa shape index (κ3) is 0.0804. The summed E-state index contributed by atoms with van der Waals surface area (Å²) < 4.78 is 0. The van der Waals surface area contributed by atoms with E-state index in [9.17, 15) is 0 Å². The van der Waals surface area contributed by atoms with Crippen molar-refractivity contribution in [2.75, 3.05) is 26.2 Å². The monoisotopic (exact) mass is 272 g/mol. The van der Waals surface area contributed by atoms with Crippen LogP contribution in [-0.4, -0.2) is 26.2 Å². The molecule has 0 unspecified atom stereocenters. The van der Waals surface area contributed by atoms with Crippen LogP contribution in [0, 0.1) is 0 Å². The minimum absolute atomic E-state index is 1.14. The quantitative estimate of drug-likeness (QED) is 0.662. The molecule has 0 aliphatic carbocycles. The Morgan fingerprint density at radius 2 is 0.706 bits per heavy atom. The second-order valence-corrected chi connectivity index (χ2v) is 35.0. The molecule has 0 amide bonds.